The summed E-state index contributed by atoms with van der Waals surface area (Å²) in [4.78, 5) is 28.3. The maximum absolute atomic E-state index is 13.6. The van der Waals surface area contributed by atoms with Crippen LogP contribution < -0.4 is 19.7 Å². The van der Waals surface area contributed by atoms with Crippen LogP contribution in [0.4, 0.5) is 11.4 Å². The quantitative estimate of drug-likeness (QED) is 0.281. The van der Waals surface area contributed by atoms with Crippen molar-refractivity contribution in [2.45, 2.75) is 11.7 Å². The number of anilines is 2. The number of nitriles is 1. The fraction of sp³-hybridized carbons (Fsp3) is 0.148. The van der Waals surface area contributed by atoms with Gasteiger partial charge in [-0.05, 0) is 60.5 Å². The fourth-order valence-electron chi connectivity index (χ4n) is 3.77. The van der Waals surface area contributed by atoms with E-state index in [1.54, 1.807) is 73.8 Å². The molecule has 188 valence electrons. The molecule has 1 aliphatic heterocycles. The summed E-state index contributed by atoms with van der Waals surface area (Å²) in [6.07, 6.45) is 0.323. The van der Waals surface area contributed by atoms with Crippen LogP contribution in [0.1, 0.15) is 5.56 Å². The molecule has 1 saturated heterocycles. The number of nitrogens with zero attached hydrogens (tertiary/aromatic N) is 2. The molecule has 1 unspecified atom stereocenters. The van der Waals surface area contributed by atoms with Crippen LogP contribution in [0, 0.1) is 11.3 Å². The van der Waals surface area contributed by atoms with Crippen molar-refractivity contribution in [3.05, 3.63) is 92.9 Å². The van der Waals surface area contributed by atoms with Crippen molar-refractivity contribution in [2.75, 3.05) is 24.4 Å². The minimum atomic E-state index is -0.656. The number of benzene rings is 3. The van der Waals surface area contributed by atoms with Crippen molar-refractivity contribution in [1.29, 1.82) is 5.26 Å². The zero-order chi connectivity index (χ0) is 26.5. The van der Waals surface area contributed by atoms with Crippen LogP contribution in [0.25, 0.3) is 0 Å². The number of methoxy groups -OCH3 is 2. The average Bonchev–Trinajstić information content (AvgIpc) is 3.22. The van der Waals surface area contributed by atoms with Gasteiger partial charge in [-0.1, -0.05) is 53.2 Å². The highest BCUT2D eigenvalue weighted by molar-refractivity contribution is 8.05. The molecule has 3 aromatic rings. The molecule has 1 heterocycles. The van der Waals surface area contributed by atoms with Crippen molar-refractivity contribution in [3.8, 4) is 17.6 Å². The normalized spacial score (nSPS) is 16.2. The van der Waals surface area contributed by atoms with Gasteiger partial charge in [0.05, 0.1) is 35.2 Å². The highest BCUT2D eigenvalue weighted by atomic mass is 35.5. The molecule has 3 aromatic carbocycles. The van der Waals surface area contributed by atoms with Gasteiger partial charge in [0.2, 0.25) is 5.91 Å². The van der Waals surface area contributed by atoms with E-state index in [2.05, 4.69) is 5.32 Å². The van der Waals surface area contributed by atoms with Crippen molar-refractivity contribution in [3.63, 3.8) is 0 Å². The topological polar surface area (TPSA) is 91.7 Å². The van der Waals surface area contributed by atoms with Crippen molar-refractivity contribution in [2.24, 2.45) is 0 Å². The first-order chi connectivity index (χ1) is 17.9. The lowest BCUT2D eigenvalue weighted by Gasteiger charge is -2.19. The number of thioether (sulfide) groups is 1. The number of carbonyl (C=O) groups excluding carboxylic acids is 2. The summed E-state index contributed by atoms with van der Waals surface area (Å²) >= 11 is 13.4. The highest BCUT2D eigenvalue weighted by Crippen LogP contribution is 2.43. The lowest BCUT2D eigenvalue weighted by Crippen LogP contribution is -2.30. The van der Waals surface area contributed by atoms with Gasteiger partial charge in [0.1, 0.15) is 28.2 Å². The maximum atomic E-state index is 13.6. The Morgan fingerprint density at radius 3 is 2.43 bits per heavy atom. The standard InChI is InChI=1S/C27H21Cl2N3O4S/c1-35-18-10-8-17(9-11-18)32-26(34)24(14-16-7-12-20(28)21(29)13-16)37-27(32)19(15-30)25(33)31-22-5-3-4-6-23(22)36-2/h3-13,24H,14H2,1-2H3,(H,31,33)/b27-19-. The summed E-state index contributed by atoms with van der Waals surface area (Å²) in [5, 5.41) is 13.2. The van der Waals surface area contributed by atoms with E-state index in [4.69, 9.17) is 32.7 Å². The van der Waals surface area contributed by atoms with Gasteiger partial charge < -0.3 is 14.8 Å². The number of carbonyl (C=O) groups is 2. The Kier molecular flexibility index (Phi) is 8.29. The van der Waals surface area contributed by atoms with Crippen LogP contribution in [0.3, 0.4) is 0 Å². The highest BCUT2D eigenvalue weighted by Gasteiger charge is 2.41. The van der Waals surface area contributed by atoms with E-state index in [0.717, 1.165) is 17.3 Å². The average molecular weight is 554 g/mol. The molecule has 1 N–H and O–H groups in total. The van der Waals surface area contributed by atoms with Gasteiger partial charge in [0, 0.05) is 5.69 Å². The van der Waals surface area contributed by atoms with Gasteiger partial charge >= 0.3 is 0 Å². The summed E-state index contributed by atoms with van der Waals surface area (Å²) in [6.45, 7) is 0. The molecule has 0 saturated carbocycles. The molecule has 7 nitrogen and oxygen atoms in total. The van der Waals surface area contributed by atoms with Gasteiger partial charge in [-0.3, -0.25) is 14.5 Å². The third kappa shape index (κ3) is 5.70. The van der Waals surface area contributed by atoms with Crippen LogP contribution in [0.5, 0.6) is 11.5 Å². The number of halogens is 2. The number of hydrogen-bond donors (Lipinski definition) is 1. The van der Waals surface area contributed by atoms with Crippen LogP contribution in [0.15, 0.2) is 77.3 Å². The second-order valence-corrected chi connectivity index (χ2v) is 9.88. The number of para-hydroxylation sites is 2. The lowest BCUT2D eigenvalue weighted by molar-refractivity contribution is -0.117. The maximum Gasteiger partial charge on any atom is 0.269 e. The van der Waals surface area contributed by atoms with Crippen LogP contribution in [0.2, 0.25) is 10.0 Å². The Bertz CT molecular complexity index is 1420. The van der Waals surface area contributed by atoms with Gasteiger partial charge in [-0.15, -0.1) is 0 Å². The van der Waals surface area contributed by atoms with Crippen molar-refractivity contribution >= 4 is 58.2 Å². The minimum absolute atomic E-state index is 0.197. The van der Waals surface area contributed by atoms with E-state index >= 15 is 0 Å². The summed E-state index contributed by atoms with van der Waals surface area (Å²) in [7, 11) is 3.03. The summed E-state index contributed by atoms with van der Waals surface area (Å²) in [5.74, 6) is 0.123. The number of nitrogens with one attached hydrogen (secondary N) is 1. The number of rotatable bonds is 7. The van der Waals surface area contributed by atoms with Crippen LogP contribution in [-0.2, 0) is 16.0 Å². The Balaban J connectivity index is 1.74. The molecule has 1 atom stereocenters. The Morgan fingerprint density at radius 1 is 1.05 bits per heavy atom. The smallest absolute Gasteiger partial charge is 0.269 e. The van der Waals surface area contributed by atoms with Crippen molar-refractivity contribution in [1.82, 2.24) is 0 Å². The molecule has 2 amide bonds. The molecule has 0 spiro atoms. The van der Waals surface area contributed by atoms with Crippen molar-refractivity contribution < 1.29 is 19.1 Å². The van der Waals surface area contributed by atoms with Gasteiger partial charge in [0.15, 0.2) is 0 Å². The van der Waals surface area contributed by atoms with Crippen LogP contribution in [-0.4, -0.2) is 31.3 Å². The third-order valence-electron chi connectivity index (χ3n) is 5.60. The predicted molar refractivity (Wildman–Crippen MR) is 146 cm³/mol. The summed E-state index contributed by atoms with van der Waals surface area (Å²) < 4.78 is 10.5. The minimum Gasteiger partial charge on any atom is -0.497 e. The van der Waals surface area contributed by atoms with Gasteiger partial charge in [-0.2, -0.15) is 5.26 Å². The second kappa shape index (κ2) is 11.6. The van der Waals surface area contributed by atoms with E-state index in [9.17, 15) is 14.9 Å². The SMILES string of the molecule is COc1ccc(N2C(=O)C(Cc3ccc(Cl)c(Cl)c3)S/C2=C(/C#N)C(=O)Nc2ccccc2OC)cc1. The second-order valence-electron chi connectivity index (χ2n) is 7.88. The molecular formula is C27H21Cl2N3O4S. The van der Waals surface area contributed by atoms with E-state index in [1.165, 1.54) is 12.0 Å². The van der Waals surface area contributed by atoms with Gasteiger partial charge in [-0.25, -0.2) is 0 Å². The van der Waals surface area contributed by atoms with E-state index < -0.39 is 11.2 Å². The number of amides is 2. The molecule has 37 heavy (non-hydrogen) atoms. The Hall–Kier alpha value is -3.64. The largest absolute Gasteiger partial charge is 0.497 e. The lowest BCUT2D eigenvalue weighted by atomic mass is 10.1. The first kappa shape index (κ1) is 26.4. The fourth-order valence-corrected chi connectivity index (χ4v) is 5.40. The molecule has 10 heteroatoms. The summed E-state index contributed by atoms with van der Waals surface area (Å²) in [6, 6.07) is 20.8. The van der Waals surface area contributed by atoms with E-state index in [0.29, 0.717) is 39.3 Å². The van der Waals surface area contributed by atoms with Crippen LogP contribution >= 0.6 is 35.0 Å². The molecule has 1 aliphatic rings. The monoisotopic (exact) mass is 553 g/mol. The Labute approximate surface area is 228 Å². The number of ether oxygens (including phenoxy) is 2. The predicted octanol–water partition coefficient (Wildman–Crippen LogP) is 6.08. The molecule has 0 bridgehead atoms. The van der Waals surface area contributed by atoms with E-state index in [-0.39, 0.29) is 16.5 Å². The molecule has 0 aliphatic carbocycles. The zero-order valence-corrected chi connectivity index (χ0v) is 22.2. The molecule has 0 radical (unpaired) electrons. The molecule has 0 aromatic heterocycles. The van der Waals surface area contributed by atoms with Gasteiger partial charge in [0.25, 0.3) is 5.91 Å². The Morgan fingerprint density at radius 2 is 1.78 bits per heavy atom. The third-order valence-corrected chi connectivity index (χ3v) is 7.60. The molecule has 4 rings (SSSR count). The molecular weight excluding hydrogens is 533 g/mol. The zero-order valence-electron chi connectivity index (χ0n) is 19.8. The first-order valence-electron chi connectivity index (χ1n) is 11.0. The molecule has 1 fully saturated rings. The number of hydrogen-bond acceptors (Lipinski definition) is 6. The first-order valence-corrected chi connectivity index (χ1v) is 12.7. The van der Waals surface area contributed by atoms with E-state index in [1.807, 2.05) is 6.07 Å². The summed E-state index contributed by atoms with van der Waals surface area (Å²) in [5.41, 5.74) is 1.51.